The molecule has 1 atom stereocenters. The van der Waals surface area contributed by atoms with Gasteiger partial charge >= 0.3 is 6.18 Å². The summed E-state index contributed by atoms with van der Waals surface area (Å²) in [5, 5.41) is 2.44. The minimum absolute atomic E-state index is 0.139. The second-order valence-electron chi connectivity index (χ2n) is 4.14. The van der Waals surface area contributed by atoms with Gasteiger partial charge in [0.05, 0.1) is 6.54 Å². The number of benzene rings is 1. The highest BCUT2D eigenvalue weighted by molar-refractivity contribution is 5.33. The lowest BCUT2D eigenvalue weighted by Gasteiger charge is -2.20. The van der Waals surface area contributed by atoms with Crippen LogP contribution in [0.15, 0.2) is 18.2 Å². The molecule has 0 aliphatic carbocycles. The van der Waals surface area contributed by atoms with E-state index in [1.165, 1.54) is 0 Å². The fourth-order valence-corrected chi connectivity index (χ4v) is 1.78. The quantitative estimate of drug-likeness (QED) is 0.856. The highest BCUT2D eigenvalue weighted by atomic mass is 19.4. The molecule has 2 nitrogen and oxygen atoms in total. The maximum absolute atomic E-state index is 12.1. The molecule has 5 heteroatoms. The molecule has 0 saturated heterocycles. The minimum Gasteiger partial charge on any atom is -0.329 e. The molecule has 0 amide bonds. The van der Waals surface area contributed by atoms with Gasteiger partial charge in [0.1, 0.15) is 0 Å². The number of hydrogen-bond acceptors (Lipinski definition) is 2. The van der Waals surface area contributed by atoms with E-state index >= 15 is 0 Å². The standard InChI is InChI=1S/C12H17F3N2/c1-8-3-4-10(9(2)5-8)11(6-16)17-7-12(13,14)15/h3-5,11,17H,6-7,16H2,1-2H3. The van der Waals surface area contributed by atoms with Gasteiger partial charge < -0.3 is 11.1 Å². The molecule has 0 radical (unpaired) electrons. The third-order valence-electron chi connectivity index (χ3n) is 2.59. The van der Waals surface area contributed by atoms with Crippen LogP contribution in [0.5, 0.6) is 0 Å². The Bertz CT molecular complexity index is 375. The maximum atomic E-state index is 12.1. The van der Waals surface area contributed by atoms with Crippen molar-refractivity contribution >= 4 is 0 Å². The maximum Gasteiger partial charge on any atom is 0.401 e. The SMILES string of the molecule is Cc1ccc(C(CN)NCC(F)(F)F)c(C)c1. The number of halogens is 3. The van der Waals surface area contributed by atoms with Crippen molar-refractivity contribution in [1.29, 1.82) is 0 Å². The zero-order chi connectivity index (χ0) is 13.1. The first kappa shape index (κ1) is 14.0. The van der Waals surface area contributed by atoms with Gasteiger partial charge in [-0.2, -0.15) is 13.2 Å². The lowest BCUT2D eigenvalue weighted by atomic mass is 9.99. The molecular weight excluding hydrogens is 229 g/mol. The Kier molecular flexibility index (Phi) is 4.54. The first-order valence-corrected chi connectivity index (χ1v) is 5.41. The summed E-state index contributed by atoms with van der Waals surface area (Å²) in [7, 11) is 0. The van der Waals surface area contributed by atoms with Crippen LogP contribution < -0.4 is 11.1 Å². The van der Waals surface area contributed by atoms with Crippen LogP contribution >= 0.6 is 0 Å². The predicted molar refractivity (Wildman–Crippen MR) is 61.8 cm³/mol. The first-order valence-electron chi connectivity index (χ1n) is 5.41. The average Bonchev–Trinajstić information content (AvgIpc) is 2.19. The smallest absolute Gasteiger partial charge is 0.329 e. The van der Waals surface area contributed by atoms with Gasteiger partial charge in [-0.15, -0.1) is 0 Å². The van der Waals surface area contributed by atoms with Gasteiger partial charge in [-0.3, -0.25) is 0 Å². The van der Waals surface area contributed by atoms with Gasteiger partial charge in [0.2, 0.25) is 0 Å². The molecule has 1 aromatic rings. The van der Waals surface area contributed by atoms with Gasteiger partial charge in [-0.1, -0.05) is 23.8 Å². The summed E-state index contributed by atoms with van der Waals surface area (Å²) < 4.78 is 36.4. The molecule has 1 rings (SSSR count). The van der Waals surface area contributed by atoms with Crippen molar-refractivity contribution in [3.8, 4) is 0 Å². The third-order valence-corrected chi connectivity index (χ3v) is 2.59. The topological polar surface area (TPSA) is 38.0 Å². The number of rotatable bonds is 4. The molecule has 3 N–H and O–H groups in total. The van der Waals surface area contributed by atoms with E-state index < -0.39 is 18.8 Å². The van der Waals surface area contributed by atoms with E-state index in [0.29, 0.717) is 0 Å². The molecule has 0 saturated carbocycles. The number of alkyl halides is 3. The van der Waals surface area contributed by atoms with Gasteiger partial charge in [0, 0.05) is 12.6 Å². The van der Waals surface area contributed by atoms with E-state index in [0.717, 1.165) is 16.7 Å². The van der Waals surface area contributed by atoms with Crippen LogP contribution in [-0.4, -0.2) is 19.3 Å². The average molecular weight is 246 g/mol. The molecule has 96 valence electrons. The van der Waals surface area contributed by atoms with Gasteiger partial charge in [-0.05, 0) is 25.0 Å². The second kappa shape index (κ2) is 5.51. The summed E-state index contributed by atoms with van der Waals surface area (Å²) in [6, 6.07) is 5.18. The van der Waals surface area contributed by atoms with Crippen LogP contribution in [0.4, 0.5) is 13.2 Å². The molecule has 0 aliphatic heterocycles. The van der Waals surface area contributed by atoms with E-state index in [4.69, 9.17) is 5.73 Å². The van der Waals surface area contributed by atoms with Crippen molar-refractivity contribution < 1.29 is 13.2 Å². The zero-order valence-corrected chi connectivity index (χ0v) is 9.93. The highest BCUT2D eigenvalue weighted by Crippen LogP contribution is 2.20. The second-order valence-corrected chi connectivity index (χ2v) is 4.14. The Morgan fingerprint density at radius 1 is 1.29 bits per heavy atom. The molecule has 0 heterocycles. The zero-order valence-electron chi connectivity index (χ0n) is 9.93. The van der Waals surface area contributed by atoms with E-state index in [1.54, 1.807) is 0 Å². The molecule has 0 spiro atoms. The molecule has 0 fully saturated rings. The predicted octanol–water partition coefficient (Wildman–Crippen LogP) is 2.46. The highest BCUT2D eigenvalue weighted by Gasteiger charge is 2.28. The minimum atomic E-state index is -4.22. The first-order chi connectivity index (χ1) is 7.83. The summed E-state index contributed by atoms with van der Waals surface area (Å²) >= 11 is 0. The van der Waals surface area contributed by atoms with Crippen molar-refractivity contribution in [2.45, 2.75) is 26.1 Å². The number of aryl methyl sites for hydroxylation is 2. The lowest BCUT2D eigenvalue weighted by molar-refractivity contribution is -0.126. The molecular formula is C12H17F3N2. The van der Waals surface area contributed by atoms with E-state index in [2.05, 4.69) is 5.32 Å². The van der Waals surface area contributed by atoms with Crippen molar-refractivity contribution in [3.63, 3.8) is 0 Å². The Morgan fingerprint density at radius 3 is 2.41 bits per heavy atom. The van der Waals surface area contributed by atoms with Crippen LogP contribution in [0.3, 0.4) is 0 Å². The summed E-state index contributed by atoms with van der Waals surface area (Å²) in [4.78, 5) is 0. The Morgan fingerprint density at radius 2 is 1.94 bits per heavy atom. The van der Waals surface area contributed by atoms with Gasteiger partial charge in [-0.25, -0.2) is 0 Å². The number of nitrogens with two attached hydrogens (primary N) is 1. The van der Waals surface area contributed by atoms with Crippen LogP contribution in [0.1, 0.15) is 22.7 Å². The summed E-state index contributed by atoms with van der Waals surface area (Å²) in [5.74, 6) is 0. The fraction of sp³-hybridized carbons (Fsp3) is 0.500. The van der Waals surface area contributed by atoms with Crippen molar-refractivity contribution in [2.75, 3.05) is 13.1 Å². The molecule has 1 unspecified atom stereocenters. The Hall–Kier alpha value is -1.07. The Labute approximate surface area is 99.0 Å². The molecule has 0 bridgehead atoms. The normalized spacial score (nSPS) is 13.8. The van der Waals surface area contributed by atoms with Crippen molar-refractivity contribution in [1.82, 2.24) is 5.32 Å². The van der Waals surface area contributed by atoms with E-state index in [1.807, 2.05) is 32.0 Å². The van der Waals surface area contributed by atoms with Crippen LogP contribution in [0.25, 0.3) is 0 Å². The Balaban J connectivity index is 2.79. The third kappa shape index (κ3) is 4.36. The van der Waals surface area contributed by atoms with Crippen LogP contribution in [0.2, 0.25) is 0 Å². The summed E-state index contributed by atoms with van der Waals surface area (Å²) in [6.45, 7) is 2.93. The van der Waals surface area contributed by atoms with Gasteiger partial charge in [0.25, 0.3) is 0 Å². The molecule has 0 aliphatic rings. The molecule has 1 aromatic carbocycles. The summed E-state index contributed by atoms with van der Waals surface area (Å²) in [6.07, 6.45) is -4.22. The largest absolute Gasteiger partial charge is 0.401 e. The van der Waals surface area contributed by atoms with Crippen molar-refractivity contribution in [3.05, 3.63) is 34.9 Å². The van der Waals surface area contributed by atoms with E-state index in [9.17, 15) is 13.2 Å². The lowest BCUT2D eigenvalue weighted by Crippen LogP contribution is -2.36. The fourth-order valence-electron chi connectivity index (χ4n) is 1.78. The number of hydrogen-bond donors (Lipinski definition) is 2. The molecule has 0 aromatic heterocycles. The number of nitrogens with one attached hydrogen (secondary N) is 1. The monoisotopic (exact) mass is 246 g/mol. The van der Waals surface area contributed by atoms with Crippen LogP contribution in [-0.2, 0) is 0 Å². The molecule has 17 heavy (non-hydrogen) atoms. The van der Waals surface area contributed by atoms with Crippen molar-refractivity contribution in [2.24, 2.45) is 5.73 Å². The van der Waals surface area contributed by atoms with Crippen LogP contribution in [0, 0.1) is 13.8 Å². The van der Waals surface area contributed by atoms with Gasteiger partial charge in [0.15, 0.2) is 0 Å². The van der Waals surface area contributed by atoms with E-state index in [-0.39, 0.29) is 6.54 Å². The summed E-state index contributed by atoms with van der Waals surface area (Å²) in [5.41, 5.74) is 8.37.